The smallest absolute Gasteiger partial charge is 0.326 e. The van der Waals surface area contributed by atoms with Gasteiger partial charge < -0.3 is 14.2 Å². The van der Waals surface area contributed by atoms with E-state index in [9.17, 15) is 9.59 Å². The zero-order chi connectivity index (χ0) is 21.7. The van der Waals surface area contributed by atoms with E-state index in [-0.39, 0.29) is 36.7 Å². The molecule has 0 fully saturated rings. The number of amides is 1. The number of nitrogens with one attached hydrogen (secondary N) is 1. The van der Waals surface area contributed by atoms with E-state index in [0.717, 1.165) is 5.52 Å². The number of benzene rings is 2. The first-order chi connectivity index (χ1) is 14.9. The van der Waals surface area contributed by atoms with E-state index in [1.807, 2.05) is 26.0 Å². The molecule has 0 radical (unpaired) electrons. The van der Waals surface area contributed by atoms with Crippen LogP contribution in [0.5, 0.6) is 5.75 Å². The molecule has 1 amide bonds. The average Bonchev–Trinajstić information content (AvgIpc) is 3.33. The number of H-pyrrole nitrogens is 1. The Labute approximate surface area is 181 Å². The van der Waals surface area contributed by atoms with Crippen molar-refractivity contribution in [2.24, 2.45) is 0 Å². The molecule has 0 saturated carbocycles. The quantitative estimate of drug-likeness (QED) is 0.521. The number of anilines is 1. The first-order valence-corrected chi connectivity index (χ1v) is 10.1. The lowest BCUT2D eigenvalue weighted by atomic mass is 10.2. The summed E-state index contributed by atoms with van der Waals surface area (Å²) in [6, 6.07) is 10.6. The molecule has 0 bridgehead atoms. The minimum absolute atomic E-state index is 0.0336. The fraction of sp³-hybridized carbons (Fsp3) is 0.238. The summed E-state index contributed by atoms with van der Waals surface area (Å²) < 4.78 is 12.5. The molecule has 158 valence electrons. The van der Waals surface area contributed by atoms with Crippen LogP contribution in [-0.4, -0.2) is 32.2 Å². The van der Waals surface area contributed by atoms with Crippen LogP contribution in [0.15, 0.2) is 45.7 Å². The van der Waals surface area contributed by atoms with Crippen molar-refractivity contribution < 1.29 is 14.1 Å². The number of aromatic nitrogens is 4. The minimum Gasteiger partial charge on any atom is -0.482 e. The number of imidazole rings is 1. The number of fused-ring (bicyclic) bond motifs is 2. The summed E-state index contributed by atoms with van der Waals surface area (Å²) in [4.78, 5) is 33.4. The highest BCUT2D eigenvalue weighted by Gasteiger charge is 2.28. The molecule has 1 aliphatic heterocycles. The maximum absolute atomic E-state index is 12.4. The van der Waals surface area contributed by atoms with E-state index in [1.54, 1.807) is 28.8 Å². The van der Waals surface area contributed by atoms with Gasteiger partial charge in [-0.25, -0.2) is 4.79 Å². The second-order valence-corrected chi connectivity index (χ2v) is 7.95. The molecule has 31 heavy (non-hydrogen) atoms. The number of carbonyl (C=O) groups excluding carboxylic acids is 1. The average molecular weight is 440 g/mol. The van der Waals surface area contributed by atoms with Crippen LogP contribution in [0.1, 0.15) is 25.8 Å². The summed E-state index contributed by atoms with van der Waals surface area (Å²) >= 11 is 6.08. The lowest BCUT2D eigenvalue weighted by Crippen LogP contribution is -2.38. The van der Waals surface area contributed by atoms with E-state index in [2.05, 4.69) is 15.1 Å². The summed E-state index contributed by atoms with van der Waals surface area (Å²) in [6.07, 6.45) is 0. The van der Waals surface area contributed by atoms with Crippen molar-refractivity contribution in [3.8, 4) is 17.1 Å². The van der Waals surface area contributed by atoms with E-state index < -0.39 is 0 Å². The Balaban J connectivity index is 1.45. The van der Waals surface area contributed by atoms with Crippen molar-refractivity contribution in [2.45, 2.75) is 26.4 Å². The van der Waals surface area contributed by atoms with Gasteiger partial charge in [0.25, 0.3) is 5.91 Å². The number of rotatable bonds is 4. The minimum atomic E-state index is -0.233. The van der Waals surface area contributed by atoms with Crippen LogP contribution >= 0.6 is 11.6 Å². The van der Waals surface area contributed by atoms with Gasteiger partial charge in [0.05, 0.1) is 16.7 Å². The Morgan fingerprint density at radius 2 is 2.03 bits per heavy atom. The molecule has 3 heterocycles. The van der Waals surface area contributed by atoms with E-state index in [0.29, 0.717) is 33.4 Å². The molecule has 0 spiro atoms. The van der Waals surface area contributed by atoms with E-state index in [1.165, 1.54) is 4.90 Å². The number of hydrogen-bond donors (Lipinski definition) is 1. The van der Waals surface area contributed by atoms with Crippen LogP contribution in [0.4, 0.5) is 5.69 Å². The SMILES string of the molecule is CC(C)n1c(=O)[nH]c2cc(-c3noc(CN4C(=O)COc5ccc(Cl)cc54)n3)ccc21. The fourth-order valence-electron chi connectivity index (χ4n) is 3.70. The molecular formula is C21H18ClN5O4. The third kappa shape index (κ3) is 3.36. The Kier molecular flexibility index (Phi) is 4.55. The van der Waals surface area contributed by atoms with Crippen molar-refractivity contribution in [3.63, 3.8) is 0 Å². The molecule has 2 aromatic carbocycles. The number of nitrogens with zero attached hydrogens (tertiary/aromatic N) is 4. The largest absolute Gasteiger partial charge is 0.482 e. The number of carbonyl (C=O) groups is 1. The molecule has 0 unspecified atom stereocenters. The van der Waals surface area contributed by atoms with Crippen molar-refractivity contribution >= 4 is 34.2 Å². The van der Waals surface area contributed by atoms with Crippen LogP contribution in [0.3, 0.4) is 0 Å². The predicted molar refractivity (Wildman–Crippen MR) is 114 cm³/mol. The highest BCUT2D eigenvalue weighted by Crippen LogP contribution is 2.35. The summed E-state index contributed by atoms with van der Waals surface area (Å²) in [5, 5.41) is 4.53. The van der Waals surface area contributed by atoms with Crippen LogP contribution in [0.2, 0.25) is 5.02 Å². The monoisotopic (exact) mass is 439 g/mol. The van der Waals surface area contributed by atoms with E-state index in [4.69, 9.17) is 20.9 Å². The molecule has 0 atom stereocenters. The van der Waals surface area contributed by atoms with Gasteiger partial charge in [0, 0.05) is 16.6 Å². The van der Waals surface area contributed by atoms with Crippen molar-refractivity contribution in [3.05, 3.63) is 57.8 Å². The van der Waals surface area contributed by atoms with Gasteiger partial charge in [0.15, 0.2) is 6.61 Å². The number of ether oxygens (including phenoxy) is 1. The van der Waals surface area contributed by atoms with Crippen LogP contribution in [0.25, 0.3) is 22.4 Å². The second-order valence-electron chi connectivity index (χ2n) is 7.52. The van der Waals surface area contributed by atoms with Gasteiger partial charge in [-0.3, -0.25) is 14.3 Å². The number of halogens is 1. The molecule has 10 heteroatoms. The maximum atomic E-state index is 12.4. The highest BCUT2D eigenvalue weighted by molar-refractivity contribution is 6.31. The van der Waals surface area contributed by atoms with Gasteiger partial charge in [-0.05, 0) is 50.2 Å². The molecule has 1 N–H and O–H groups in total. The standard InChI is InChI=1S/C21H18ClN5O4/c1-11(2)27-15-5-3-12(7-14(15)23-21(27)29)20-24-18(31-25-20)9-26-16-8-13(22)4-6-17(16)30-10-19(26)28/h3-8,11H,9-10H2,1-2H3,(H,23,29). The molecule has 9 nitrogen and oxygen atoms in total. The second kappa shape index (κ2) is 7.28. The van der Waals surface area contributed by atoms with Crippen molar-refractivity contribution in [1.29, 1.82) is 0 Å². The maximum Gasteiger partial charge on any atom is 0.326 e. The van der Waals surface area contributed by atoms with Crippen molar-refractivity contribution in [2.75, 3.05) is 11.5 Å². The summed E-state index contributed by atoms with van der Waals surface area (Å²) in [5.41, 5.74) is 2.57. The first-order valence-electron chi connectivity index (χ1n) is 9.70. The van der Waals surface area contributed by atoms with E-state index >= 15 is 0 Å². The van der Waals surface area contributed by atoms with Crippen LogP contribution in [-0.2, 0) is 11.3 Å². The summed E-state index contributed by atoms with van der Waals surface area (Å²) in [7, 11) is 0. The van der Waals surface area contributed by atoms with Crippen LogP contribution in [0, 0.1) is 0 Å². The fourth-order valence-corrected chi connectivity index (χ4v) is 3.87. The Bertz CT molecular complexity index is 1370. The third-order valence-corrected chi connectivity index (χ3v) is 5.35. The van der Waals surface area contributed by atoms with Gasteiger partial charge >= 0.3 is 5.69 Å². The summed E-state index contributed by atoms with van der Waals surface area (Å²) in [6.45, 7) is 3.91. The molecule has 1 aliphatic rings. The third-order valence-electron chi connectivity index (χ3n) is 5.12. The molecule has 2 aromatic heterocycles. The zero-order valence-corrected chi connectivity index (χ0v) is 17.5. The van der Waals surface area contributed by atoms with Gasteiger partial charge in [-0.15, -0.1) is 0 Å². The van der Waals surface area contributed by atoms with Crippen molar-refractivity contribution in [1.82, 2.24) is 19.7 Å². The molecule has 4 aromatic rings. The van der Waals surface area contributed by atoms with Crippen LogP contribution < -0.4 is 15.3 Å². The first kappa shape index (κ1) is 19.4. The number of aromatic amines is 1. The van der Waals surface area contributed by atoms with Gasteiger partial charge in [0.2, 0.25) is 11.7 Å². The van der Waals surface area contributed by atoms with Gasteiger partial charge in [0.1, 0.15) is 12.3 Å². The molecular weight excluding hydrogens is 422 g/mol. The molecule has 5 rings (SSSR count). The van der Waals surface area contributed by atoms with Gasteiger partial charge in [-0.1, -0.05) is 16.8 Å². The Morgan fingerprint density at radius 1 is 1.19 bits per heavy atom. The highest BCUT2D eigenvalue weighted by atomic mass is 35.5. The summed E-state index contributed by atoms with van der Waals surface area (Å²) in [5.74, 6) is 0.961. The topological polar surface area (TPSA) is 106 Å². The Morgan fingerprint density at radius 3 is 2.84 bits per heavy atom. The zero-order valence-electron chi connectivity index (χ0n) is 16.8. The van der Waals surface area contributed by atoms with Gasteiger partial charge in [-0.2, -0.15) is 4.98 Å². The normalized spacial score (nSPS) is 13.7. The lowest BCUT2D eigenvalue weighted by Gasteiger charge is -2.28. The molecule has 0 saturated heterocycles. The number of hydrogen-bond acceptors (Lipinski definition) is 6. The Hall–Kier alpha value is -3.59. The lowest BCUT2D eigenvalue weighted by molar-refractivity contribution is -0.121. The predicted octanol–water partition coefficient (Wildman–Crippen LogP) is 3.54. The molecule has 0 aliphatic carbocycles.